The molecule has 6 aliphatic heterocycles. The number of allylic oxidation sites excluding steroid dienone is 11. The summed E-state index contributed by atoms with van der Waals surface area (Å²) >= 11 is 0. The predicted octanol–water partition coefficient (Wildman–Crippen LogP) is 11.2. The number of aryl methyl sites for hydroxylation is 4. The summed E-state index contributed by atoms with van der Waals surface area (Å²) in [6.45, 7) is 13.6. The van der Waals surface area contributed by atoms with Crippen molar-refractivity contribution in [3.05, 3.63) is 134 Å². The first-order valence-electron chi connectivity index (χ1n) is 21.0. The smallest absolute Gasteiger partial charge is 0.268 e. The van der Waals surface area contributed by atoms with Crippen LogP contribution in [0.15, 0.2) is 83.7 Å². The summed E-state index contributed by atoms with van der Waals surface area (Å²) in [5.41, 5.74) is 22.5. The van der Waals surface area contributed by atoms with Crippen molar-refractivity contribution >= 4 is 28.1 Å². The lowest BCUT2D eigenvalue weighted by Gasteiger charge is -2.39. The molecule has 3 aromatic rings. The van der Waals surface area contributed by atoms with E-state index < -0.39 is 0 Å². The number of ether oxygens (including phenoxy) is 2. The molecule has 0 radical (unpaired) electrons. The van der Waals surface area contributed by atoms with Gasteiger partial charge in [-0.3, -0.25) is 0 Å². The molecule has 1 atom stereocenters. The molecule has 3 aromatic carbocycles. The highest BCUT2D eigenvalue weighted by molar-refractivity contribution is 5.90. The van der Waals surface area contributed by atoms with Crippen LogP contribution in [-0.2, 0) is 25.7 Å². The van der Waals surface area contributed by atoms with E-state index in [1.165, 1.54) is 153 Å². The van der Waals surface area contributed by atoms with Crippen LogP contribution in [0.4, 0.5) is 11.4 Å². The van der Waals surface area contributed by atoms with Crippen LogP contribution in [0.2, 0.25) is 0 Å². The Morgan fingerprint density at radius 2 is 1.35 bits per heavy atom. The van der Waals surface area contributed by atoms with Gasteiger partial charge in [-0.2, -0.15) is 0 Å². The molecule has 4 nitrogen and oxygen atoms in total. The highest BCUT2D eigenvalue weighted by atomic mass is 16.5. The van der Waals surface area contributed by atoms with Gasteiger partial charge in [0, 0.05) is 56.0 Å². The molecule has 1 aliphatic carbocycles. The van der Waals surface area contributed by atoms with Crippen LogP contribution >= 0.6 is 0 Å². The second kappa shape index (κ2) is 13.6. The third kappa shape index (κ3) is 5.88. The maximum absolute atomic E-state index is 6.57. The highest BCUT2D eigenvalue weighted by Crippen LogP contribution is 2.49. The van der Waals surface area contributed by atoms with E-state index in [2.05, 4.69) is 104 Å². The fourth-order valence-electron chi connectivity index (χ4n) is 10.9. The van der Waals surface area contributed by atoms with Gasteiger partial charge in [0.15, 0.2) is 6.10 Å². The maximum atomic E-state index is 6.57. The second-order valence-electron chi connectivity index (χ2n) is 17.0. The van der Waals surface area contributed by atoms with Crippen LogP contribution in [0.3, 0.4) is 0 Å². The Morgan fingerprint density at radius 1 is 0.685 bits per heavy atom. The van der Waals surface area contributed by atoms with Crippen LogP contribution in [0, 0.1) is 13.8 Å². The van der Waals surface area contributed by atoms with Crippen molar-refractivity contribution in [2.75, 3.05) is 36.0 Å². The van der Waals surface area contributed by atoms with Gasteiger partial charge < -0.3 is 19.3 Å². The zero-order valence-corrected chi connectivity index (χ0v) is 32.8. The fraction of sp³-hybridized carbons (Fsp3) is 0.400. The molecule has 0 amide bonds. The monoisotopic (exact) mass is 715 g/mol. The minimum Gasteiger partial charge on any atom is -0.577 e. The summed E-state index contributed by atoms with van der Waals surface area (Å²) < 4.78 is 11.9. The van der Waals surface area contributed by atoms with E-state index in [4.69, 9.17) is 9.47 Å². The minimum atomic E-state index is 0.175. The Morgan fingerprint density at radius 3 is 2.09 bits per heavy atom. The summed E-state index contributed by atoms with van der Waals surface area (Å²) in [6, 6.07) is 12.1. The first-order valence-corrected chi connectivity index (χ1v) is 21.0. The molecule has 0 saturated carbocycles. The average Bonchev–Trinajstić information content (AvgIpc) is 3.16. The predicted molar refractivity (Wildman–Crippen MR) is 226 cm³/mol. The first kappa shape index (κ1) is 33.8. The number of hydrogen-bond donors (Lipinski definition) is 0. The van der Waals surface area contributed by atoms with Gasteiger partial charge >= 0.3 is 0 Å². The Balaban J connectivity index is 1.08. The lowest BCUT2D eigenvalue weighted by Crippen LogP contribution is -2.35. The van der Waals surface area contributed by atoms with Gasteiger partial charge in [0.1, 0.15) is 11.5 Å². The van der Waals surface area contributed by atoms with Gasteiger partial charge in [0.2, 0.25) is 0 Å². The quantitative estimate of drug-likeness (QED) is 0.252. The topological polar surface area (TPSA) is 28.5 Å². The molecule has 0 spiro atoms. The fourth-order valence-corrected chi connectivity index (χ4v) is 10.9. The van der Waals surface area contributed by atoms with Crippen molar-refractivity contribution in [2.45, 2.75) is 104 Å². The molecular formula is C50H55N2O2+. The largest absolute Gasteiger partial charge is 0.577 e. The number of hydrogen-bond acceptors (Lipinski definition) is 3. The molecule has 0 saturated heterocycles. The second-order valence-corrected chi connectivity index (χ2v) is 17.0. The normalized spacial score (nSPS) is 23.0. The summed E-state index contributed by atoms with van der Waals surface area (Å²) in [5.74, 6) is 3.35. The molecule has 1 unspecified atom stereocenters. The van der Waals surface area contributed by atoms with Crippen molar-refractivity contribution in [3.8, 4) is 11.5 Å². The van der Waals surface area contributed by atoms with Crippen LogP contribution in [0.25, 0.3) is 16.7 Å². The van der Waals surface area contributed by atoms with Crippen molar-refractivity contribution in [1.29, 1.82) is 0 Å². The van der Waals surface area contributed by atoms with E-state index in [0.29, 0.717) is 0 Å². The Kier molecular flexibility index (Phi) is 8.49. The molecule has 4 heteroatoms. The highest BCUT2D eigenvalue weighted by Gasteiger charge is 2.35. The maximum Gasteiger partial charge on any atom is 0.268 e. The molecule has 0 bridgehead atoms. The van der Waals surface area contributed by atoms with Gasteiger partial charge in [-0.05, 0) is 154 Å². The number of fused-ring (bicyclic) bond motifs is 4. The van der Waals surface area contributed by atoms with E-state index in [1.54, 1.807) is 0 Å². The van der Waals surface area contributed by atoms with E-state index in [1.807, 2.05) is 0 Å². The van der Waals surface area contributed by atoms with E-state index in [-0.39, 0.29) is 6.10 Å². The van der Waals surface area contributed by atoms with E-state index in [0.717, 1.165) is 50.0 Å². The van der Waals surface area contributed by atoms with Gasteiger partial charge in [-0.1, -0.05) is 53.6 Å². The number of nitrogens with zero attached hydrogens (tertiary/aromatic N) is 2. The molecule has 276 valence electrons. The van der Waals surface area contributed by atoms with Crippen LogP contribution in [0.5, 0.6) is 11.5 Å². The number of aliphatic hydroxyl groups is 1. The van der Waals surface area contributed by atoms with Gasteiger partial charge in [-0.15, -0.1) is 0 Å². The minimum absolute atomic E-state index is 0.175. The summed E-state index contributed by atoms with van der Waals surface area (Å²) in [7, 11) is 0. The molecule has 1 N–H and O–H groups in total. The summed E-state index contributed by atoms with van der Waals surface area (Å²) in [4.78, 5) is 5.26. The first-order chi connectivity index (χ1) is 26.4. The molecule has 7 aliphatic rings. The SMILES string of the molecule is CC1=C/C(=C\C=C2/CCCC(/C=C/C3=CC(C)[OH+]c4c3cc3c5c4CCCN5CCC3)=C2c2cc(C)cc(C)c2)c2cc3c4c(c2O1)CCCN4CCC3. The van der Waals surface area contributed by atoms with Gasteiger partial charge in [0.25, 0.3) is 5.75 Å². The molecule has 0 fully saturated rings. The van der Waals surface area contributed by atoms with Crippen molar-refractivity contribution in [3.63, 3.8) is 0 Å². The molecule has 6 heterocycles. The van der Waals surface area contributed by atoms with Crippen molar-refractivity contribution in [2.24, 2.45) is 0 Å². The van der Waals surface area contributed by atoms with Gasteiger partial charge in [0.05, 0.1) is 16.8 Å². The molecule has 0 aromatic heterocycles. The van der Waals surface area contributed by atoms with E-state index >= 15 is 0 Å². The van der Waals surface area contributed by atoms with Crippen molar-refractivity contribution in [1.82, 2.24) is 0 Å². The van der Waals surface area contributed by atoms with Crippen LogP contribution in [0.1, 0.15) is 109 Å². The molecule has 10 rings (SSSR count). The number of anilines is 2. The number of rotatable bonds is 4. The third-order valence-corrected chi connectivity index (χ3v) is 12.9. The Labute approximate surface area is 322 Å². The van der Waals surface area contributed by atoms with E-state index in [9.17, 15) is 0 Å². The lowest BCUT2D eigenvalue weighted by atomic mass is 9.81. The zero-order valence-electron chi connectivity index (χ0n) is 32.8. The summed E-state index contributed by atoms with van der Waals surface area (Å²) in [6.07, 6.45) is 27.4. The third-order valence-electron chi connectivity index (χ3n) is 12.9. The van der Waals surface area contributed by atoms with Crippen molar-refractivity contribution < 1.29 is 9.47 Å². The summed E-state index contributed by atoms with van der Waals surface area (Å²) in [5, 5.41) is 0. The van der Waals surface area contributed by atoms with Gasteiger partial charge in [-0.25, -0.2) is 0 Å². The molecule has 54 heavy (non-hydrogen) atoms. The zero-order chi connectivity index (χ0) is 36.5. The standard InChI is InChI=1S/C50H54N2O2/c1-31-24-32(2)26-41(25-31)46-35(16-18-37-27-33(3)53-49-42-14-8-22-51-20-6-12-39(47(42)51)29-44(37)49)10-5-11-36(46)17-19-38-28-34(4)54-50-43-15-9-23-52-21-7-13-40(48(43)52)30-45(38)50/h16-19,24-30,33H,5-15,20-23H2,1-4H3/p+1/b18-16+,36-17+,38-19+. The van der Waals surface area contributed by atoms with Crippen LogP contribution < -0.4 is 14.5 Å². The Bertz CT molecular complexity index is 2250. The van der Waals surface area contributed by atoms with Crippen LogP contribution in [-0.4, -0.2) is 37.0 Å². The number of aromatic hydroxyl groups is 1. The number of benzene rings is 3. The Hall–Kier alpha value is -4.70. The molecular weight excluding hydrogens is 661 g/mol. The lowest BCUT2D eigenvalue weighted by molar-refractivity contribution is 0.0243. The average molecular weight is 716 g/mol.